The maximum atomic E-state index is 14.7. The zero-order valence-electron chi connectivity index (χ0n) is 32.2. The first-order chi connectivity index (χ1) is 25.2. The molecule has 2 aliphatic heterocycles. The Morgan fingerprint density at radius 2 is 1.62 bits per heavy atom. The third-order valence-electron chi connectivity index (χ3n) is 11.1. The summed E-state index contributed by atoms with van der Waals surface area (Å²) in [4.78, 5) is 76.4. The van der Waals surface area contributed by atoms with Crippen molar-refractivity contribution in [2.45, 2.75) is 141 Å². The van der Waals surface area contributed by atoms with Crippen LogP contribution in [0, 0.1) is 17.3 Å². The summed E-state index contributed by atoms with van der Waals surface area (Å²) in [5.74, 6) is -0.860. The fourth-order valence-corrected chi connectivity index (χ4v) is 8.17. The molecule has 12 nitrogen and oxygen atoms in total. The van der Waals surface area contributed by atoms with E-state index in [0.29, 0.717) is 40.6 Å². The molecule has 292 valence electrons. The van der Waals surface area contributed by atoms with Crippen molar-refractivity contribution in [1.82, 2.24) is 15.5 Å². The van der Waals surface area contributed by atoms with Crippen LogP contribution in [0.15, 0.2) is 17.3 Å². The van der Waals surface area contributed by atoms with Gasteiger partial charge in [0.2, 0.25) is 29.3 Å². The number of nitrogens with zero attached hydrogens (tertiary/aromatic N) is 2. The normalized spacial score (nSPS) is 23.0. The first-order valence-corrected chi connectivity index (χ1v) is 19.7. The highest BCUT2D eigenvalue weighted by Gasteiger charge is 2.56. The van der Waals surface area contributed by atoms with Gasteiger partial charge in [0.05, 0.1) is 37.5 Å². The summed E-state index contributed by atoms with van der Waals surface area (Å²) in [5.41, 5.74) is -0.687. The van der Waals surface area contributed by atoms with Crippen LogP contribution in [0.3, 0.4) is 0 Å². The van der Waals surface area contributed by atoms with Gasteiger partial charge in [-0.2, -0.15) is 0 Å². The van der Waals surface area contributed by atoms with Gasteiger partial charge in [0, 0.05) is 37.3 Å². The van der Waals surface area contributed by atoms with Crippen molar-refractivity contribution in [3.05, 3.63) is 22.7 Å². The number of likely N-dealkylation sites (tertiary alicyclic amines) is 1. The predicted octanol–water partition coefficient (Wildman–Crippen LogP) is 5.94. The number of Topliss-reactive ketones (excluding diaryl/α,β-unsaturated/α-hetero) is 2. The monoisotopic (exact) mass is 756 g/mol. The van der Waals surface area contributed by atoms with Crippen molar-refractivity contribution in [1.29, 1.82) is 0 Å². The van der Waals surface area contributed by atoms with E-state index >= 15 is 0 Å². The molecule has 1 saturated heterocycles. The number of methoxy groups -OCH3 is 2. The minimum atomic E-state index is -1.09. The Balaban J connectivity index is 1.41. The van der Waals surface area contributed by atoms with Crippen molar-refractivity contribution >= 4 is 46.6 Å². The highest BCUT2D eigenvalue weighted by atomic mass is 35.5. The minimum Gasteiger partial charge on any atom is -0.496 e. The Labute approximate surface area is 318 Å². The second-order valence-corrected chi connectivity index (χ2v) is 17.0. The van der Waals surface area contributed by atoms with Gasteiger partial charge in [-0.1, -0.05) is 76.6 Å². The van der Waals surface area contributed by atoms with E-state index in [1.165, 1.54) is 32.0 Å². The third kappa shape index (κ3) is 9.91. The number of hydrogen-bond donors (Lipinski definition) is 2. The summed E-state index contributed by atoms with van der Waals surface area (Å²) in [6.07, 6.45) is 10.0. The topological polar surface area (TPSA) is 153 Å². The van der Waals surface area contributed by atoms with Gasteiger partial charge in [0.1, 0.15) is 23.6 Å². The van der Waals surface area contributed by atoms with E-state index in [0.717, 1.165) is 38.5 Å². The van der Waals surface area contributed by atoms with E-state index in [1.54, 1.807) is 12.1 Å². The van der Waals surface area contributed by atoms with E-state index in [2.05, 4.69) is 15.8 Å². The average Bonchev–Trinajstić information content (AvgIpc) is 3.80. The molecule has 2 heterocycles. The number of oxime groups is 1. The molecule has 5 rings (SSSR count). The van der Waals surface area contributed by atoms with Gasteiger partial charge in [0.25, 0.3) is 0 Å². The molecule has 13 heteroatoms. The van der Waals surface area contributed by atoms with E-state index < -0.39 is 52.5 Å². The number of ether oxygens (including phenoxy) is 2. The Bertz CT molecular complexity index is 1580. The molecule has 3 amide bonds. The molecule has 0 radical (unpaired) electrons. The molecule has 2 saturated carbocycles. The van der Waals surface area contributed by atoms with Gasteiger partial charge in [0.15, 0.2) is 5.60 Å². The predicted molar refractivity (Wildman–Crippen MR) is 201 cm³/mol. The van der Waals surface area contributed by atoms with Crippen LogP contribution < -0.4 is 20.1 Å². The Kier molecular flexibility index (Phi) is 13.2. The van der Waals surface area contributed by atoms with Crippen molar-refractivity contribution in [3.63, 3.8) is 0 Å². The molecular formula is C40H57ClN4O8. The third-order valence-corrected chi connectivity index (χ3v) is 11.4. The fraction of sp³-hybridized carbons (Fsp3) is 0.700. The molecule has 1 unspecified atom stereocenters. The number of carbonyl (C=O) groups excluding carboxylic acids is 5. The molecule has 2 aliphatic carbocycles. The van der Waals surface area contributed by atoms with Gasteiger partial charge in [-0.15, -0.1) is 0 Å². The summed E-state index contributed by atoms with van der Waals surface area (Å²) in [5, 5.41) is 10.7. The number of nitrogens with one attached hydrogen (secondary N) is 2. The maximum Gasteiger partial charge on any atom is 0.246 e. The molecule has 1 spiro atoms. The summed E-state index contributed by atoms with van der Waals surface area (Å²) in [6, 6.07) is 0.329. The smallest absolute Gasteiger partial charge is 0.246 e. The lowest BCUT2D eigenvalue weighted by Crippen LogP contribution is -2.59. The van der Waals surface area contributed by atoms with Crippen LogP contribution in [-0.2, 0) is 28.8 Å². The van der Waals surface area contributed by atoms with E-state index in [9.17, 15) is 24.0 Å². The molecule has 53 heavy (non-hydrogen) atoms. The lowest BCUT2D eigenvalue weighted by molar-refractivity contribution is -0.145. The largest absolute Gasteiger partial charge is 0.496 e. The molecule has 4 aliphatic rings. The van der Waals surface area contributed by atoms with Crippen LogP contribution in [-0.4, -0.2) is 84.4 Å². The van der Waals surface area contributed by atoms with E-state index in [-0.39, 0.29) is 50.0 Å². The first kappa shape index (κ1) is 40.5. The van der Waals surface area contributed by atoms with Gasteiger partial charge in [-0.05, 0) is 55.4 Å². The first-order valence-electron chi connectivity index (χ1n) is 19.3. The number of halogens is 1. The number of benzene rings is 1. The summed E-state index contributed by atoms with van der Waals surface area (Å²) >= 11 is 6.49. The van der Waals surface area contributed by atoms with E-state index in [4.69, 9.17) is 25.9 Å². The van der Waals surface area contributed by atoms with Crippen LogP contribution in [0.2, 0.25) is 5.02 Å². The molecule has 1 aromatic carbocycles. The van der Waals surface area contributed by atoms with Crippen LogP contribution in [0.4, 0.5) is 0 Å². The minimum absolute atomic E-state index is 0.00119. The van der Waals surface area contributed by atoms with Gasteiger partial charge in [-0.25, -0.2) is 0 Å². The fourth-order valence-electron chi connectivity index (χ4n) is 7.93. The van der Waals surface area contributed by atoms with Crippen molar-refractivity contribution in [2.24, 2.45) is 22.4 Å². The Morgan fingerprint density at radius 3 is 2.23 bits per heavy atom. The molecule has 0 aromatic heterocycles. The van der Waals surface area contributed by atoms with Crippen LogP contribution >= 0.6 is 11.6 Å². The number of hydrogen-bond acceptors (Lipinski definition) is 9. The van der Waals surface area contributed by atoms with Crippen LogP contribution in [0.5, 0.6) is 11.5 Å². The van der Waals surface area contributed by atoms with Crippen LogP contribution in [0.25, 0.3) is 0 Å². The molecule has 4 atom stereocenters. The quantitative estimate of drug-likeness (QED) is 0.165. The summed E-state index contributed by atoms with van der Waals surface area (Å²) in [7, 11) is 3.03. The SMILES string of the molecule is CCC[C@H](NC(=O)C1C[C@]2(CC(c3cc(Cl)c(OC)cc3OC)=NO2)CN1C(=O)[C@@H](NC(=O)CC1CCCCCC1)C(C)(C)C)C(=O)C(=O)CC1CC1. The summed E-state index contributed by atoms with van der Waals surface area (Å²) < 4.78 is 11.0. The molecule has 3 fully saturated rings. The highest BCUT2D eigenvalue weighted by molar-refractivity contribution is 6.39. The Hall–Kier alpha value is -3.67. The van der Waals surface area contributed by atoms with Crippen molar-refractivity contribution in [2.75, 3.05) is 20.8 Å². The average molecular weight is 757 g/mol. The van der Waals surface area contributed by atoms with Gasteiger partial charge >= 0.3 is 0 Å². The van der Waals surface area contributed by atoms with Gasteiger partial charge < -0.3 is 29.8 Å². The van der Waals surface area contributed by atoms with E-state index in [1.807, 2.05) is 27.7 Å². The second kappa shape index (κ2) is 17.2. The Morgan fingerprint density at radius 1 is 0.962 bits per heavy atom. The zero-order valence-corrected chi connectivity index (χ0v) is 32.9. The number of rotatable bonds is 15. The summed E-state index contributed by atoms with van der Waals surface area (Å²) in [6.45, 7) is 7.54. The standard InChI is InChI=1S/C40H57ClN4O8/c1-7-12-28(35(48)31(46)17-25-15-16-25)42-37(49)30-22-40(21-29(44-53-40)26-19-27(41)33(52-6)20-32(26)51-5)23-45(30)38(50)36(39(2,3)4)43-34(47)18-24-13-10-8-9-11-14-24/h19-20,24-25,28,30,36H,7-18,21-23H2,1-6H3,(H,42,49)(H,43,47)/t28-,30?,36+,40+/m0/s1. The second-order valence-electron chi connectivity index (χ2n) is 16.6. The maximum absolute atomic E-state index is 14.7. The number of amides is 3. The van der Waals surface area contributed by atoms with Crippen LogP contribution in [0.1, 0.15) is 123 Å². The highest BCUT2D eigenvalue weighted by Crippen LogP contribution is 2.43. The molecule has 2 N–H and O–H groups in total. The van der Waals surface area contributed by atoms with Crippen molar-refractivity contribution in [3.8, 4) is 11.5 Å². The molecule has 1 aromatic rings. The molecule has 0 bridgehead atoms. The zero-order chi connectivity index (χ0) is 38.5. The lowest BCUT2D eigenvalue weighted by atomic mass is 9.85. The van der Waals surface area contributed by atoms with Gasteiger partial charge in [-0.3, -0.25) is 24.0 Å². The number of ketones is 2. The molecular weight excluding hydrogens is 700 g/mol. The van der Waals surface area contributed by atoms with Crippen molar-refractivity contribution < 1.29 is 38.3 Å². The number of carbonyl (C=O) groups is 5. The lowest BCUT2D eigenvalue weighted by Gasteiger charge is -2.36.